The molecule has 0 spiro atoms. The number of anilines is 1. The van der Waals surface area contributed by atoms with E-state index in [0.717, 1.165) is 49.6 Å². The molecule has 0 aliphatic carbocycles. The topological polar surface area (TPSA) is 82.3 Å². The number of rotatable bonds is 8. The molecule has 3 rings (SSSR count). The number of carbonyl (C=O) groups is 1. The SMILES string of the molecule is COCCNC(=O)C1(Nc2ccccc2)CCN(Cc2cc(C)[nH]n2)CC1. The number of ether oxygens (including phenoxy) is 1. The number of nitrogens with zero attached hydrogens (tertiary/aromatic N) is 2. The van der Waals surface area contributed by atoms with E-state index in [1.54, 1.807) is 7.11 Å². The summed E-state index contributed by atoms with van der Waals surface area (Å²) in [6, 6.07) is 12.0. The van der Waals surface area contributed by atoms with Gasteiger partial charge in [0.05, 0.1) is 12.3 Å². The monoisotopic (exact) mass is 371 g/mol. The van der Waals surface area contributed by atoms with E-state index in [0.29, 0.717) is 13.2 Å². The summed E-state index contributed by atoms with van der Waals surface area (Å²) < 4.78 is 5.06. The lowest BCUT2D eigenvalue weighted by Gasteiger charge is -2.41. The molecule has 1 amide bonds. The van der Waals surface area contributed by atoms with E-state index in [9.17, 15) is 4.79 Å². The number of carbonyl (C=O) groups excluding carboxylic acids is 1. The van der Waals surface area contributed by atoms with Crippen molar-refractivity contribution in [3.05, 3.63) is 47.8 Å². The fraction of sp³-hybridized carbons (Fsp3) is 0.500. The smallest absolute Gasteiger partial charge is 0.245 e. The first-order chi connectivity index (χ1) is 13.1. The maximum Gasteiger partial charge on any atom is 0.245 e. The van der Waals surface area contributed by atoms with E-state index in [4.69, 9.17) is 4.74 Å². The molecular weight excluding hydrogens is 342 g/mol. The Hall–Kier alpha value is -2.38. The Bertz CT molecular complexity index is 723. The van der Waals surface area contributed by atoms with Crippen LogP contribution in [0.2, 0.25) is 0 Å². The molecule has 0 bridgehead atoms. The first kappa shape index (κ1) is 19.4. The van der Waals surface area contributed by atoms with Crippen molar-refractivity contribution in [1.29, 1.82) is 0 Å². The van der Waals surface area contributed by atoms with Crippen molar-refractivity contribution in [2.45, 2.75) is 31.8 Å². The predicted molar refractivity (Wildman–Crippen MR) is 106 cm³/mol. The molecule has 7 heteroatoms. The average molecular weight is 371 g/mol. The zero-order valence-electron chi connectivity index (χ0n) is 16.1. The van der Waals surface area contributed by atoms with E-state index in [-0.39, 0.29) is 5.91 Å². The standard InChI is InChI=1S/C20H29N5O2/c1-16-14-18(24-23-16)15-25-11-8-20(9-12-25,19(26)21-10-13-27-2)22-17-6-4-3-5-7-17/h3-7,14,22H,8-13,15H2,1-2H3,(H,21,26)(H,23,24). The van der Waals surface area contributed by atoms with Gasteiger partial charge in [-0.15, -0.1) is 0 Å². The van der Waals surface area contributed by atoms with Gasteiger partial charge < -0.3 is 15.4 Å². The van der Waals surface area contributed by atoms with Gasteiger partial charge in [-0.3, -0.25) is 14.8 Å². The summed E-state index contributed by atoms with van der Waals surface area (Å²) >= 11 is 0. The number of methoxy groups -OCH3 is 1. The number of H-pyrrole nitrogens is 1. The molecule has 1 aliphatic heterocycles. The van der Waals surface area contributed by atoms with E-state index in [1.807, 2.05) is 37.3 Å². The van der Waals surface area contributed by atoms with Crippen molar-refractivity contribution in [3.63, 3.8) is 0 Å². The van der Waals surface area contributed by atoms with Crippen LogP contribution in [0.4, 0.5) is 5.69 Å². The quantitative estimate of drug-likeness (QED) is 0.618. The number of benzene rings is 1. The molecule has 1 saturated heterocycles. The van der Waals surface area contributed by atoms with E-state index in [1.165, 1.54) is 0 Å². The van der Waals surface area contributed by atoms with Crippen LogP contribution in [0.1, 0.15) is 24.2 Å². The fourth-order valence-electron chi connectivity index (χ4n) is 3.52. The summed E-state index contributed by atoms with van der Waals surface area (Å²) in [5.74, 6) is 0.0404. The van der Waals surface area contributed by atoms with Gasteiger partial charge >= 0.3 is 0 Å². The molecule has 2 heterocycles. The second-order valence-electron chi connectivity index (χ2n) is 7.14. The lowest BCUT2D eigenvalue weighted by molar-refractivity contribution is -0.127. The Balaban J connectivity index is 1.66. The molecule has 146 valence electrons. The number of likely N-dealkylation sites (tertiary alicyclic amines) is 1. The van der Waals surface area contributed by atoms with Crippen LogP contribution < -0.4 is 10.6 Å². The van der Waals surface area contributed by atoms with Crippen LogP contribution in [0.5, 0.6) is 0 Å². The number of para-hydroxylation sites is 1. The second-order valence-corrected chi connectivity index (χ2v) is 7.14. The van der Waals surface area contributed by atoms with Gasteiger partial charge in [0, 0.05) is 44.7 Å². The second kappa shape index (κ2) is 9.01. The molecule has 2 aromatic rings. The first-order valence-corrected chi connectivity index (χ1v) is 9.45. The maximum atomic E-state index is 13.0. The third-order valence-electron chi connectivity index (χ3n) is 5.04. The largest absolute Gasteiger partial charge is 0.383 e. The summed E-state index contributed by atoms with van der Waals surface area (Å²) in [6.45, 7) is 5.51. The Morgan fingerprint density at radius 3 is 2.67 bits per heavy atom. The molecular formula is C20H29N5O2. The van der Waals surface area contributed by atoms with E-state index < -0.39 is 5.54 Å². The fourth-order valence-corrected chi connectivity index (χ4v) is 3.52. The minimum absolute atomic E-state index is 0.0404. The lowest BCUT2D eigenvalue weighted by atomic mass is 9.85. The van der Waals surface area contributed by atoms with Crippen LogP contribution in [0.15, 0.2) is 36.4 Å². The van der Waals surface area contributed by atoms with Gasteiger partial charge in [0.2, 0.25) is 5.91 Å². The van der Waals surface area contributed by atoms with Gasteiger partial charge in [-0.2, -0.15) is 5.10 Å². The van der Waals surface area contributed by atoms with Crippen LogP contribution in [-0.2, 0) is 16.1 Å². The lowest BCUT2D eigenvalue weighted by Crippen LogP contribution is -2.58. The van der Waals surface area contributed by atoms with Gasteiger partial charge in [0.1, 0.15) is 5.54 Å². The third kappa shape index (κ3) is 5.08. The molecule has 1 aliphatic rings. The van der Waals surface area contributed by atoms with Gasteiger partial charge in [0.25, 0.3) is 0 Å². The van der Waals surface area contributed by atoms with Crippen molar-refractivity contribution >= 4 is 11.6 Å². The number of aryl methyl sites for hydroxylation is 1. The van der Waals surface area contributed by atoms with Gasteiger partial charge in [-0.25, -0.2) is 0 Å². The van der Waals surface area contributed by atoms with Gasteiger partial charge in [0.15, 0.2) is 0 Å². The molecule has 0 radical (unpaired) electrons. The van der Waals surface area contributed by atoms with Gasteiger partial charge in [-0.05, 0) is 38.0 Å². The highest BCUT2D eigenvalue weighted by Gasteiger charge is 2.41. The van der Waals surface area contributed by atoms with E-state index >= 15 is 0 Å². The third-order valence-corrected chi connectivity index (χ3v) is 5.04. The summed E-state index contributed by atoms with van der Waals surface area (Å²) in [5.41, 5.74) is 2.48. The van der Waals surface area contributed by atoms with Crippen molar-refractivity contribution in [2.24, 2.45) is 0 Å². The first-order valence-electron chi connectivity index (χ1n) is 9.45. The minimum Gasteiger partial charge on any atom is -0.383 e. The molecule has 1 aromatic carbocycles. The number of hydrogen-bond acceptors (Lipinski definition) is 5. The molecule has 0 unspecified atom stereocenters. The van der Waals surface area contributed by atoms with Crippen LogP contribution in [0.25, 0.3) is 0 Å². The summed E-state index contributed by atoms with van der Waals surface area (Å²) in [5, 5.41) is 13.8. The minimum atomic E-state index is -0.604. The molecule has 7 nitrogen and oxygen atoms in total. The predicted octanol–water partition coefficient (Wildman–Crippen LogP) is 1.93. The summed E-state index contributed by atoms with van der Waals surface area (Å²) in [6.07, 6.45) is 1.48. The normalized spacial score (nSPS) is 16.8. The number of aromatic amines is 1. The van der Waals surface area contributed by atoms with Crippen molar-refractivity contribution in [2.75, 3.05) is 38.7 Å². The highest BCUT2D eigenvalue weighted by molar-refractivity contribution is 5.89. The maximum absolute atomic E-state index is 13.0. The number of piperidine rings is 1. The Labute approximate surface area is 160 Å². The Morgan fingerprint density at radius 1 is 1.30 bits per heavy atom. The van der Waals surface area contributed by atoms with Crippen molar-refractivity contribution in [1.82, 2.24) is 20.4 Å². The average Bonchev–Trinajstić information content (AvgIpc) is 3.09. The van der Waals surface area contributed by atoms with E-state index in [2.05, 4.69) is 31.8 Å². The van der Waals surface area contributed by atoms with Crippen LogP contribution >= 0.6 is 0 Å². The van der Waals surface area contributed by atoms with Crippen LogP contribution in [0, 0.1) is 6.92 Å². The summed E-state index contributed by atoms with van der Waals surface area (Å²) in [4.78, 5) is 15.4. The van der Waals surface area contributed by atoms with Gasteiger partial charge in [-0.1, -0.05) is 18.2 Å². The molecule has 1 fully saturated rings. The van der Waals surface area contributed by atoms with Crippen LogP contribution in [0.3, 0.4) is 0 Å². The molecule has 1 aromatic heterocycles. The molecule has 0 atom stereocenters. The number of amides is 1. The highest BCUT2D eigenvalue weighted by atomic mass is 16.5. The van der Waals surface area contributed by atoms with Crippen molar-refractivity contribution < 1.29 is 9.53 Å². The Morgan fingerprint density at radius 2 is 2.04 bits per heavy atom. The zero-order valence-corrected chi connectivity index (χ0v) is 16.1. The molecule has 0 saturated carbocycles. The molecule has 27 heavy (non-hydrogen) atoms. The summed E-state index contributed by atoms with van der Waals surface area (Å²) in [7, 11) is 1.64. The van der Waals surface area contributed by atoms with Crippen LogP contribution in [-0.4, -0.2) is 59.9 Å². The number of hydrogen-bond donors (Lipinski definition) is 3. The highest BCUT2D eigenvalue weighted by Crippen LogP contribution is 2.28. The molecule has 3 N–H and O–H groups in total. The number of nitrogens with one attached hydrogen (secondary N) is 3. The number of aromatic nitrogens is 2. The van der Waals surface area contributed by atoms with Crippen molar-refractivity contribution in [3.8, 4) is 0 Å². The zero-order chi connectivity index (χ0) is 19.1. The Kier molecular flexibility index (Phi) is 6.47.